The van der Waals surface area contributed by atoms with Gasteiger partial charge in [-0.25, -0.2) is 0 Å². The molecule has 5 heteroatoms. The average Bonchev–Trinajstić information content (AvgIpc) is 2.36. The molecule has 0 bridgehead atoms. The van der Waals surface area contributed by atoms with Gasteiger partial charge in [-0.05, 0) is 33.7 Å². The molecule has 0 aliphatic rings. The van der Waals surface area contributed by atoms with Gasteiger partial charge in [0, 0.05) is 6.54 Å². The van der Waals surface area contributed by atoms with E-state index < -0.39 is 11.4 Å². The number of hydrogen-bond donors (Lipinski definition) is 1. The Labute approximate surface area is 115 Å². The number of carbonyl (C=O) groups excluding carboxylic acids is 2. The molecule has 19 heavy (non-hydrogen) atoms. The predicted molar refractivity (Wildman–Crippen MR) is 73.9 cm³/mol. The first-order valence-electron chi connectivity index (χ1n) is 6.93. The molecule has 0 saturated heterocycles. The lowest BCUT2D eigenvalue weighted by atomic mass is 9.87. The van der Waals surface area contributed by atoms with Gasteiger partial charge in [0.05, 0.1) is 19.8 Å². The van der Waals surface area contributed by atoms with Crippen LogP contribution in [0.2, 0.25) is 0 Å². The van der Waals surface area contributed by atoms with Crippen LogP contribution in [0, 0.1) is 5.41 Å². The van der Waals surface area contributed by atoms with E-state index in [0.717, 1.165) is 19.4 Å². The average molecular weight is 273 g/mol. The van der Waals surface area contributed by atoms with Crippen LogP contribution in [0.4, 0.5) is 0 Å². The van der Waals surface area contributed by atoms with Crippen LogP contribution in [0.25, 0.3) is 0 Å². The fraction of sp³-hybridized carbons (Fsp3) is 0.857. The Morgan fingerprint density at radius 1 is 1.21 bits per heavy atom. The number of esters is 1. The van der Waals surface area contributed by atoms with Crippen molar-refractivity contribution in [2.24, 2.45) is 5.41 Å². The molecular formula is C14H27NO4. The SMILES string of the molecule is CCCCN(CCO)CC(=O)C(C)(C)C(=O)OCC. The molecule has 0 spiro atoms. The molecule has 0 aromatic carbocycles. The summed E-state index contributed by atoms with van der Waals surface area (Å²) >= 11 is 0. The van der Waals surface area contributed by atoms with E-state index in [2.05, 4.69) is 6.92 Å². The van der Waals surface area contributed by atoms with E-state index in [1.54, 1.807) is 20.8 Å². The molecule has 112 valence electrons. The lowest BCUT2D eigenvalue weighted by Gasteiger charge is -2.26. The van der Waals surface area contributed by atoms with E-state index in [9.17, 15) is 9.59 Å². The maximum absolute atomic E-state index is 12.2. The minimum absolute atomic E-state index is 0.0107. The number of aliphatic hydroxyl groups is 1. The Kier molecular flexibility index (Phi) is 8.59. The summed E-state index contributed by atoms with van der Waals surface area (Å²) in [5.41, 5.74) is -1.13. The molecule has 0 amide bonds. The molecule has 1 N–H and O–H groups in total. The number of Topliss-reactive ketones (excluding diaryl/α,β-unsaturated/α-hetero) is 1. The second kappa shape index (κ2) is 9.04. The monoisotopic (exact) mass is 273 g/mol. The number of nitrogens with zero attached hydrogens (tertiary/aromatic N) is 1. The first kappa shape index (κ1) is 18.1. The van der Waals surface area contributed by atoms with Gasteiger partial charge in [-0.3, -0.25) is 14.5 Å². The predicted octanol–water partition coefficient (Wildman–Crippen LogP) is 1.24. The van der Waals surface area contributed by atoms with Gasteiger partial charge < -0.3 is 9.84 Å². The summed E-state index contributed by atoms with van der Waals surface area (Å²) in [4.78, 5) is 25.8. The molecule has 0 heterocycles. The van der Waals surface area contributed by atoms with E-state index >= 15 is 0 Å². The summed E-state index contributed by atoms with van der Waals surface area (Å²) in [6.07, 6.45) is 1.99. The van der Waals surface area contributed by atoms with Crippen molar-refractivity contribution in [3.8, 4) is 0 Å². The van der Waals surface area contributed by atoms with Crippen molar-refractivity contribution in [2.75, 3.05) is 32.8 Å². The van der Waals surface area contributed by atoms with Crippen molar-refractivity contribution in [2.45, 2.75) is 40.5 Å². The van der Waals surface area contributed by atoms with Crippen molar-refractivity contribution in [1.29, 1.82) is 0 Å². The fourth-order valence-electron chi connectivity index (χ4n) is 1.62. The van der Waals surface area contributed by atoms with Crippen LogP contribution in [0.5, 0.6) is 0 Å². The van der Waals surface area contributed by atoms with Gasteiger partial charge in [0.2, 0.25) is 0 Å². The van der Waals surface area contributed by atoms with Crippen molar-refractivity contribution < 1.29 is 19.4 Å². The minimum atomic E-state index is -1.13. The molecule has 0 rings (SSSR count). The highest BCUT2D eigenvalue weighted by Crippen LogP contribution is 2.19. The smallest absolute Gasteiger partial charge is 0.319 e. The lowest BCUT2D eigenvalue weighted by molar-refractivity contribution is -0.158. The third-order valence-corrected chi connectivity index (χ3v) is 3.09. The third-order valence-electron chi connectivity index (χ3n) is 3.09. The molecule has 0 aromatic heterocycles. The van der Waals surface area contributed by atoms with Gasteiger partial charge in [0.15, 0.2) is 5.78 Å². The molecule has 5 nitrogen and oxygen atoms in total. The van der Waals surface area contributed by atoms with Gasteiger partial charge in [-0.2, -0.15) is 0 Å². The van der Waals surface area contributed by atoms with Gasteiger partial charge >= 0.3 is 5.97 Å². The van der Waals surface area contributed by atoms with E-state index in [1.165, 1.54) is 0 Å². The zero-order valence-corrected chi connectivity index (χ0v) is 12.6. The Morgan fingerprint density at radius 3 is 2.32 bits per heavy atom. The van der Waals surface area contributed by atoms with Crippen LogP contribution in [0.3, 0.4) is 0 Å². The zero-order chi connectivity index (χ0) is 14.9. The van der Waals surface area contributed by atoms with Gasteiger partial charge in [0.1, 0.15) is 5.41 Å². The Morgan fingerprint density at radius 2 is 1.84 bits per heavy atom. The quantitative estimate of drug-likeness (QED) is 0.479. The van der Waals surface area contributed by atoms with E-state index in [1.807, 2.05) is 4.90 Å². The van der Waals surface area contributed by atoms with Gasteiger partial charge in [-0.15, -0.1) is 0 Å². The molecule has 0 aliphatic carbocycles. The number of hydrogen-bond acceptors (Lipinski definition) is 5. The molecule has 0 aromatic rings. The summed E-state index contributed by atoms with van der Waals surface area (Å²) < 4.78 is 4.92. The summed E-state index contributed by atoms with van der Waals surface area (Å²) in [5.74, 6) is -0.657. The highest BCUT2D eigenvalue weighted by molar-refractivity contribution is 6.03. The summed E-state index contributed by atoms with van der Waals surface area (Å²) in [6.45, 7) is 8.62. The molecule has 0 radical (unpaired) electrons. The summed E-state index contributed by atoms with van der Waals surface area (Å²) in [7, 11) is 0. The third kappa shape index (κ3) is 6.16. The van der Waals surface area contributed by atoms with E-state index in [4.69, 9.17) is 9.84 Å². The second-order valence-corrected chi connectivity index (χ2v) is 5.12. The zero-order valence-electron chi connectivity index (χ0n) is 12.6. The topological polar surface area (TPSA) is 66.8 Å². The van der Waals surface area contributed by atoms with Crippen molar-refractivity contribution in [3.05, 3.63) is 0 Å². The van der Waals surface area contributed by atoms with Crippen LogP contribution >= 0.6 is 0 Å². The number of ketones is 1. The number of unbranched alkanes of at least 4 members (excludes halogenated alkanes) is 1. The normalized spacial score (nSPS) is 11.7. The van der Waals surface area contributed by atoms with Crippen LogP contribution in [-0.2, 0) is 14.3 Å². The number of aliphatic hydroxyl groups excluding tert-OH is 1. The maximum Gasteiger partial charge on any atom is 0.319 e. The number of rotatable bonds is 10. The number of ether oxygens (including phenoxy) is 1. The second-order valence-electron chi connectivity index (χ2n) is 5.12. The molecule has 0 unspecified atom stereocenters. The first-order chi connectivity index (χ1) is 8.89. The van der Waals surface area contributed by atoms with Crippen LogP contribution in [0.15, 0.2) is 0 Å². The van der Waals surface area contributed by atoms with Crippen LogP contribution in [0.1, 0.15) is 40.5 Å². The molecule has 0 atom stereocenters. The van der Waals surface area contributed by atoms with Gasteiger partial charge in [0.25, 0.3) is 0 Å². The minimum Gasteiger partial charge on any atom is -0.465 e. The Hall–Kier alpha value is -0.940. The molecular weight excluding hydrogens is 246 g/mol. The first-order valence-corrected chi connectivity index (χ1v) is 6.93. The van der Waals surface area contributed by atoms with Crippen molar-refractivity contribution in [3.63, 3.8) is 0 Å². The summed E-state index contributed by atoms with van der Waals surface area (Å²) in [5, 5.41) is 9.00. The number of carbonyl (C=O) groups is 2. The maximum atomic E-state index is 12.2. The standard InChI is InChI=1S/C14H27NO4/c1-5-7-8-15(9-10-16)11-12(17)14(3,4)13(18)19-6-2/h16H,5-11H2,1-4H3. The van der Waals surface area contributed by atoms with Crippen LogP contribution in [-0.4, -0.2) is 54.6 Å². The summed E-state index contributed by atoms with van der Waals surface area (Å²) in [6, 6.07) is 0. The van der Waals surface area contributed by atoms with Gasteiger partial charge in [-0.1, -0.05) is 13.3 Å². The van der Waals surface area contributed by atoms with Crippen LogP contribution < -0.4 is 0 Å². The Balaban J connectivity index is 4.55. The molecule has 0 saturated carbocycles. The molecule has 0 fully saturated rings. The lowest BCUT2D eigenvalue weighted by Crippen LogP contribution is -2.43. The molecule has 0 aliphatic heterocycles. The van der Waals surface area contributed by atoms with E-state index in [-0.39, 0.29) is 25.5 Å². The largest absolute Gasteiger partial charge is 0.465 e. The fourth-order valence-corrected chi connectivity index (χ4v) is 1.62. The highest BCUT2D eigenvalue weighted by Gasteiger charge is 2.37. The Bertz CT molecular complexity index is 289. The highest BCUT2D eigenvalue weighted by atomic mass is 16.5. The van der Waals surface area contributed by atoms with Crippen molar-refractivity contribution in [1.82, 2.24) is 4.90 Å². The van der Waals surface area contributed by atoms with Crippen molar-refractivity contribution >= 4 is 11.8 Å². The van der Waals surface area contributed by atoms with E-state index in [0.29, 0.717) is 6.54 Å².